The predicted molar refractivity (Wildman–Crippen MR) is 590 cm³/mol. The van der Waals surface area contributed by atoms with Crippen LogP contribution in [-0.2, 0) is 0 Å². The third-order valence-corrected chi connectivity index (χ3v) is 25.1. The van der Waals surface area contributed by atoms with Gasteiger partial charge in [-0.05, 0) is 315 Å². The maximum atomic E-state index is 13.0. The fourth-order valence-electron chi connectivity index (χ4n) is 15.1. The molecule has 15 aromatic carbocycles. The van der Waals surface area contributed by atoms with E-state index in [1.807, 2.05) is 91.0 Å². The molecule has 5 aromatic heterocycles. The number of methoxy groups -OCH3 is 4. The number of anilines is 8. The zero-order valence-corrected chi connectivity index (χ0v) is 85.0. The molecule has 0 aliphatic rings. The summed E-state index contributed by atoms with van der Waals surface area (Å²) in [5, 5.41) is 26.3. The number of aromatic nitrogens is 9. The van der Waals surface area contributed by atoms with E-state index in [-0.39, 0.29) is 67.3 Å². The molecule has 0 spiro atoms. The highest BCUT2D eigenvalue weighted by molar-refractivity contribution is 6.40. The third kappa shape index (κ3) is 25.7. The first-order valence-electron chi connectivity index (χ1n) is 44.8. The summed E-state index contributed by atoms with van der Waals surface area (Å²) in [6, 6.07) is 89.7. The average Bonchev–Trinajstić information content (AvgIpc) is 1.68. The number of halogens is 9. The van der Waals surface area contributed by atoms with Gasteiger partial charge in [-0.15, -0.1) is 0 Å². The Morgan fingerprint density at radius 3 is 0.765 bits per heavy atom. The second kappa shape index (κ2) is 47.0. The summed E-state index contributed by atoms with van der Waals surface area (Å²) in [5.41, 5.74) is 17.5. The fraction of sp³-hybridized carbons (Fsp3) is 0.0360. The summed E-state index contributed by atoms with van der Waals surface area (Å²) in [6.45, 7) is 0. The van der Waals surface area contributed by atoms with Gasteiger partial charge in [0, 0.05) is 122 Å². The van der Waals surface area contributed by atoms with Gasteiger partial charge in [-0.1, -0.05) is 104 Å². The van der Waals surface area contributed by atoms with E-state index in [1.54, 1.807) is 213 Å². The molecule has 149 heavy (non-hydrogen) atoms. The molecule has 0 aliphatic carbocycles. The Hall–Kier alpha value is -17.1. The van der Waals surface area contributed by atoms with Crippen LogP contribution in [0.3, 0.4) is 0 Å². The SMILES string of the molecule is COc1cc(C(=O)Nc2ccc3nc(-c4ccc(NC(=O)c5ccc(Cl)cc5Cl)cc4)[nH]c3c2)cc(OC)c1OC.COc1ccc(C(=O)Nc2ccc3nc(-c4ccc(NC(=O)c5ccc(Cl)cc5Cl)cc4)[nH]c3c2)cc1.O=C(Nc1ccc2nc(-c3ccc(NC(=O)c4ccc(Cl)cc4Cl)cc3)[nH]c2c1)c1ccc(Cl)cc1.O=C(Nc1ccc2nc(-c3ccc(NC(=O)c4ccc(Cl)cc4Cl)cc3)[nH]c2c1)c1cccnc1. The van der Waals surface area contributed by atoms with Crippen molar-refractivity contribution in [1.29, 1.82) is 0 Å². The van der Waals surface area contributed by atoms with Crippen molar-refractivity contribution < 1.29 is 57.3 Å². The number of amides is 8. The van der Waals surface area contributed by atoms with Gasteiger partial charge in [0.1, 0.15) is 29.0 Å². The normalized spacial score (nSPS) is 10.8. The molecule has 5 heterocycles. The van der Waals surface area contributed by atoms with Crippen molar-refractivity contribution in [2.75, 3.05) is 71.0 Å². The number of carbonyl (C=O) groups excluding carboxylic acids is 8. The minimum absolute atomic E-state index is 0.223. The number of pyridine rings is 1. The van der Waals surface area contributed by atoms with E-state index >= 15 is 0 Å². The predicted octanol–water partition coefficient (Wildman–Crippen LogP) is 28.2. The van der Waals surface area contributed by atoms with Gasteiger partial charge in [0.2, 0.25) is 5.75 Å². The van der Waals surface area contributed by atoms with Crippen molar-refractivity contribution in [3.05, 3.63) is 418 Å². The molecule has 0 fully saturated rings. The molecule has 0 saturated carbocycles. The second-order valence-electron chi connectivity index (χ2n) is 32.6. The number of carbonyl (C=O) groups is 8. The lowest BCUT2D eigenvalue weighted by atomic mass is 10.1. The van der Waals surface area contributed by atoms with Gasteiger partial charge in [0.15, 0.2) is 11.5 Å². The topological polar surface area (TPSA) is 397 Å². The minimum atomic E-state index is -0.346. The van der Waals surface area contributed by atoms with Crippen molar-refractivity contribution in [3.8, 4) is 68.5 Å². The summed E-state index contributed by atoms with van der Waals surface area (Å²) in [6.07, 6.45) is 3.13. The highest BCUT2D eigenvalue weighted by Crippen LogP contribution is 2.40. The van der Waals surface area contributed by atoms with Gasteiger partial charge < -0.3 is 81.4 Å². The van der Waals surface area contributed by atoms with E-state index in [4.69, 9.17) is 123 Å². The van der Waals surface area contributed by atoms with Crippen LogP contribution in [-0.4, -0.2) is 121 Å². The largest absolute Gasteiger partial charge is 0.497 e. The maximum absolute atomic E-state index is 13.0. The first kappa shape index (κ1) is 103. The van der Waals surface area contributed by atoms with Crippen LogP contribution in [0.4, 0.5) is 45.5 Å². The number of nitrogens with zero attached hydrogens (tertiary/aromatic N) is 5. The number of nitrogens with one attached hydrogen (secondary N) is 12. The quantitative estimate of drug-likeness (QED) is 0.0267. The Balaban J connectivity index is 0.000000136. The van der Waals surface area contributed by atoms with Crippen molar-refractivity contribution >= 4 is 241 Å². The van der Waals surface area contributed by atoms with Crippen LogP contribution >= 0.6 is 104 Å². The summed E-state index contributed by atoms with van der Waals surface area (Å²) in [5.74, 6) is 2.08. The van der Waals surface area contributed by atoms with Gasteiger partial charge >= 0.3 is 0 Å². The number of rotatable bonds is 24. The van der Waals surface area contributed by atoms with Gasteiger partial charge in [-0.3, -0.25) is 43.3 Å². The van der Waals surface area contributed by atoms with E-state index in [9.17, 15) is 38.4 Å². The minimum Gasteiger partial charge on any atom is -0.497 e. The monoisotopic (exact) mass is 2160 g/mol. The van der Waals surface area contributed by atoms with E-state index in [1.165, 1.54) is 51.8 Å². The standard InChI is InChI=1S/C30H24Cl2N4O5.C28H20Cl2N4O3.C27H17Cl3N4O2.C26H17Cl2N5O2/c1-39-25-12-17(13-26(40-2)27(25)41-3)29(37)34-20-9-11-23-24(15-20)36-28(35-23)16-4-7-19(8-5-16)33-30(38)21-10-6-18(31)14-22(21)32;1-37-21-10-4-17(5-11-21)27(35)32-20-9-13-24-25(15-20)34-26(33-24)16-2-7-19(8-3-16)31-28(36)22-12-6-18(29)14-23(22)30;28-17-5-1-16(2-6-17)26(35)32-20-10-12-23-24(14-20)34-25(33-23)15-3-8-19(9-4-15)31-27(36)21-11-7-18(29)13-22(21)30;27-17-5-9-20(21(28)12-17)26(35)30-18-6-3-15(4-7-18)24-32-22-10-8-19(13-23(22)33-24)31-25(34)16-2-1-11-29-14-16/h4-15H,1-3H3,(H,33,38)(H,34,37)(H,35,36);2-15H,1H3,(H,31,36)(H,32,35)(H,33,34);1-14H,(H,31,36)(H,32,35)(H,33,34);1-14H,(H,30,35)(H,31,34)(H,32,33). The van der Waals surface area contributed by atoms with Gasteiger partial charge in [-0.2, -0.15) is 0 Å². The highest BCUT2D eigenvalue weighted by atomic mass is 35.5. The highest BCUT2D eigenvalue weighted by Gasteiger charge is 2.23. The summed E-state index contributed by atoms with van der Waals surface area (Å²) in [7, 11) is 6.06. The lowest BCUT2D eigenvalue weighted by molar-refractivity contribution is 0.101. The lowest BCUT2D eigenvalue weighted by Crippen LogP contribution is -2.12. The Bertz CT molecular complexity index is 8470. The molecule has 8 amide bonds. The Kier molecular flexibility index (Phi) is 32.6. The molecular formula is C111H78Cl9N17O12. The summed E-state index contributed by atoms with van der Waals surface area (Å²) < 4.78 is 21.2. The number of fused-ring (bicyclic) bond motifs is 4. The molecule has 0 saturated heterocycles. The molecule has 0 atom stereocenters. The van der Waals surface area contributed by atoms with Crippen LogP contribution in [0.15, 0.2) is 328 Å². The average molecular weight is 2160 g/mol. The molecule has 0 aliphatic heterocycles. The van der Waals surface area contributed by atoms with Crippen molar-refractivity contribution in [3.63, 3.8) is 0 Å². The van der Waals surface area contributed by atoms with Crippen molar-refractivity contribution in [1.82, 2.24) is 44.9 Å². The third-order valence-electron chi connectivity index (χ3n) is 22.6. The van der Waals surface area contributed by atoms with Crippen LogP contribution in [0.2, 0.25) is 45.2 Å². The van der Waals surface area contributed by atoms with Crippen LogP contribution in [0.5, 0.6) is 23.0 Å². The van der Waals surface area contributed by atoms with Gasteiger partial charge in [-0.25, -0.2) is 19.9 Å². The first-order valence-corrected chi connectivity index (χ1v) is 48.2. The number of imidazole rings is 4. The molecule has 20 rings (SSSR count). The molecule has 0 radical (unpaired) electrons. The maximum Gasteiger partial charge on any atom is 0.257 e. The van der Waals surface area contributed by atoms with Gasteiger partial charge in [0.05, 0.1) is 120 Å². The fourth-order valence-corrected chi connectivity index (χ4v) is 17.2. The first-order chi connectivity index (χ1) is 72.0. The number of hydrogen-bond donors (Lipinski definition) is 12. The zero-order chi connectivity index (χ0) is 105. The van der Waals surface area contributed by atoms with Crippen molar-refractivity contribution in [2.24, 2.45) is 0 Å². The van der Waals surface area contributed by atoms with Crippen LogP contribution in [0.25, 0.3) is 89.7 Å². The Labute approximate surface area is 893 Å². The second-order valence-corrected chi connectivity index (χ2v) is 36.4. The molecule has 29 nitrogen and oxygen atoms in total. The lowest BCUT2D eigenvalue weighted by Gasteiger charge is -2.14. The number of ether oxygens (including phenoxy) is 4. The summed E-state index contributed by atoms with van der Waals surface area (Å²) in [4.78, 5) is 136. The number of benzene rings is 15. The zero-order valence-electron chi connectivity index (χ0n) is 78.2. The van der Waals surface area contributed by atoms with E-state index < -0.39 is 0 Å². The van der Waals surface area contributed by atoms with Gasteiger partial charge in [0.25, 0.3) is 47.3 Å². The molecule has 12 N–H and O–H groups in total. The number of H-pyrrole nitrogens is 4. The smallest absolute Gasteiger partial charge is 0.257 e. The molecule has 742 valence electrons. The summed E-state index contributed by atoms with van der Waals surface area (Å²) >= 11 is 54.0. The Morgan fingerprint density at radius 1 is 0.242 bits per heavy atom. The number of hydrogen-bond acceptors (Lipinski definition) is 17. The van der Waals surface area contributed by atoms with E-state index in [0.717, 1.165) is 66.4 Å². The van der Waals surface area contributed by atoms with Crippen LogP contribution in [0.1, 0.15) is 82.9 Å². The van der Waals surface area contributed by atoms with E-state index in [2.05, 4.69) is 87.4 Å². The molecule has 0 unspecified atom stereocenters. The molecular weight excluding hydrogens is 2080 g/mol. The van der Waals surface area contributed by atoms with Crippen molar-refractivity contribution in [2.45, 2.75) is 0 Å². The molecule has 38 heteroatoms. The van der Waals surface area contributed by atoms with Crippen LogP contribution < -0.4 is 61.5 Å². The van der Waals surface area contributed by atoms with Crippen LogP contribution in [0, 0.1) is 0 Å². The van der Waals surface area contributed by atoms with E-state index in [0.29, 0.717) is 161 Å². The number of aromatic amines is 4. The molecule has 20 aromatic rings. The molecule has 0 bridgehead atoms. The Morgan fingerprint density at radius 2 is 0.503 bits per heavy atom.